The van der Waals surface area contributed by atoms with Crippen LogP contribution in [0.5, 0.6) is 0 Å². The number of aliphatic hydroxyl groups excluding tert-OH is 2. The van der Waals surface area contributed by atoms with Gasteiger partial charge in [-0.1, -0.05) is 0 Å². The summed E-state index contributed by atoms with van der Waals surface area (Å²) >= 11 is 0. The van der Waals surface area contributed by atoms with Gasteiger partial charge in [-0.15, -0.1) is 0 Å². The summed E-state index contributed by atoms with van der Waals surface area (Å²) in [6, 6.07) is -0.242. The van der Waals surface area contributed by atoms with Crippen molar-refractivity contribution in [2.45, 2.75) is 44.6 Å². The highest BCUT2D eigenvalue weighted by Gasteiger charge is 2.31. The second-order valence-corrected chi connectivity index (χ2v) is 4.26. The van der Waals surface area contributed by atoms with E-state index in [2.05, 4.69) is 10.6 Å². The quantitative estimate of drug-likeness (QED) is 0.513. The molecule has 0 bridgehead atoms. The summed E-state index contributed by atoms with van der Waals surface area (Å²) in [7, 11) is 0. The number of aliphatic hydroxyl groups is 2. The lowest BCUT2D eigenvalue weighted by Crippen LogP contribution is -2.51. The highest BCUT2D eigenvalue weighted by molar-refractivity contribution is 5.74. The van der Waals surface area contributed by atoms with E-state index in [1.165, 1.54) is 0 Å². The molecule has 0 radical (unpaired) electrons. The first-order chi connectivity index (χ1) is 7.50. The molecule has 1 rings (SSSR count). The Kier molecular flexibility index (Phi) is 4.98. The van der Waals surface area contributed by atoms with Gasteiger partial charge in [0.15, 0.2) is 0 Å². The van der Waals surface area contributed by atoms with Crippen LogP contribution in [0.4, 0.5) is 4.79 Å². The van der Waals surface area contributed by atoms with Crippen molar-refractivity contribution in [3.63, 3.8) is 0 Å². The number of hydrogen-bond acceptors (Lipinski definition) is 4. The fourth-order valence-corrected chi connectivity index (χ4v) is 1.54. The molecule has 1 aliphatic rings. The number of amides is 2. The van der Waals surface area contributed by atoms with E-state index in [1.807, 2.05) is 13.8 Å². The Labute approximate surface area is 95.0 Å². The molecule has 2 amide bonds. The molecule has 4 N–H and O–H groups in total. The lowest BCUT2D eigenvalue weighted by atomic mass is 10.0. The molecule has 16 heavy (non-hydrogen) atoms. The number of nitrogens with one attached hydrogen (secondary N) is 2. The van der Waals surface area contributed by atoms with Gasteiger partial charge in [-0.05, 0) is 20.3 Å². The second kappa shape index (κ2) is 6.03. The maximum Gasteiger partial charge on any atom is 0.315 e. The van der Waals surface area contributed by atoms with E-state index in [0.717, 1.165) is 0 Å². The largest absolute Gasteiger partial charge is 0.390 e. The van der Waals surface area contributed by atoms with Gasteiger partial charge >= 0.3 is 6.03 Å². The van der Waals surface area contributed by atoms with Gasteiger partial charge in [0.25, 0.3) is 0 Å². The van der Waals surface area contributed by atoms with E-state index in [1.54, 1.807) is 0 Å². The molecule has 0 aliphatic carbocycles. The maximum absolute atomic E-state index is 11.3. The van der Waals surface area contributed by atoms with Crippen molar-refractivity contribution in [1.29, 1.82) is 0 Å². The number of carbonyl (C=O) groups is 1. The molecule has 94 valence electrons. The van der Waals surface area contributed by atoms with Crippen LogP contribution in [0.15, 0.2) is 0 Å². The topological polar surface area (TPSA) is 90.8 Å². The van der Waals surface area contributed by atoms with Gasteiger partial charge in [0, 0.05) is 19.2 Å². The van der Waals surface area contributed by atoms with Crippen molar-refractivity contribution >= 4 is 6.03 Å². The second-order valence-electron chi connectivity index (χ2n) is 4.26. The number of urea groups is 1. The minimum Gasteiger partial charge on any atom is -0.390 e. The van der Waals surface area contributed by atoms with E-state index >= 15 is 0 Å². The Hall–Kier alpha value is -0.850. The van der Waals surface area contributed by atoms with Crippen LogP contribution >= 0.6 is 0 Å². The van der Waals surface area contributed by atoms with E-state index in [0.29, 0.717) is 13.0 Å². The van der Waals surface area contributed by atoms with Crippen molar-refractivity contribution in [2.24, 2.45) is 0 Å². The van der Waals surface area contributed by atoms with Crippen LogP contribution in [0.25, 0.3) is 0 Å². The molecule has 1 heterocycles. The fourth-order valence-electron chi connectivity index (χ4n) is 1.54. The van der Waals surface area contributed by atoms with Crippen LogP contribution in [-0.2, 0) is 4.74 Å². The van der Waals surface area contributed by atoms with Gasteiger partial charge in [-0.25, -0.2) is 4.79 Å². The molecular weight excluding hydrogens is 212 g/mol. The molecule has 6 heteroatoms. The molecule has 1 fully saturated rings. The van der Waals surface area contributed by atoms with Crippen LogP contribution in [-0.4, -0.2) is 53.7 Å². The number of carbonyl (C=O) groups excluding carboxylic acids is 1. The van der Waals surface area contributed by atoms with E-state index in [4.69, 9.17) is 4.74 Å². The average molecular weight is 232 g/mol. The normalized spacial score (nSPS) is 30.2. The molecule has 0 spiro atoms. The summed E-state index contributed by atoms with van der Waals surface area (Å²) in [6.45, 7) is 4.30. The summed E-state index contributed by atoms with van der Waals surface area (Å²) in [5, 5.41) is 24.2. The molecule has 0 aromatic heterocycles. The zero-order valence-corrected chi connectivity index (χ0v) is 9.64. The molecular formula is C10H20N2O4. The molecule has 3 atom stereocenters. The number of rotatable bonds is 3. The van der Waals surface area contributed by atoms with Crippen molar-refractivity contribution in [2.75, 3.05) is 13.2 Å². The molecule has 0 saturated carbocycles. The minimum absolute atomic E-state index is 0.0581. The Morgan fingerprint density at radius 2 is 2.19 bits per heavy atom. The summed E-state index contributed by atoms with van der Waals surface area (Å²) in [4.78, 5) is 11.3. The average Bonchev–Trinajstić information content (AvgIpc) is 2.19. The first-order valence-electron chi connectivity index (χ1n) is 5.52. The van der Waals surface area contributed by atoms with Gasteiger partial charge in [0.1, 0.15) is 12.2 Å². The van der Waals surface area contributed by atoms with Crippen molar-refractivity contribution in [3.05, 3.63) is 0 Å². The number of hydrogen-bond donors (Lipinski definition) is 4. The zero-order valence-electron chi connectivity index (χ0n) is 9.64. The predicted octanol–water partition coefficient (Wildman–Crippen LogP) is -0.795. The smallest absolute Gasteiger partial charge is 0.315 e. The highest BCUT2D eigenvalue weighted by atomic mass is 16.5. The zero-order chi connectivity index (χ0) is 12.1. The first-order valence-corrected chi connectivity index (χ1v) is 5.52. The monoisotopic (exact) mass is 232 g/mol. The van der Waals surface area contributed by atoms with E-state index in [9.17, 15) is 15.0 Å². The number of ether oxygens (including phenoxy) is 1. The third-order valence-electron chi connectivity index (χ3n) is 2.40. The fraction of sp³-hybridized carbons (Fsp3) is 0.900. The van der Waals surface area contributed by atoms with E-state index < -0.39 is 18.3 Å². The van der Waals surface area contributed by atoms with Crippen LogP contribution in [0, 0.1) is 0 Å². The van der Waals surface area contributed by atoms with Crippen molar-refractivity contribution in [3.8, 4) is 0 Å². The SMILES string of the molecule is CC(C)NC(=O)NCC1OCCC(O)C1O. The van der Waals surface area contributed by atoms with Gasteiger partial charge in [0.2, 0.25) is 0 Å². The molecule has 1 aliphatic heterocycles. The Morgan fingerprint density at radius 3 is 2.81 bits per heavy atom. The Morgan fingerprint density at radius 1 is 1.50 bits per heavy atom. The van der Waals surface area contributed by atoms with Crippen LogP contribution in [0.1, 0.15) is 20.3 Å². The summed E-state index contributed by atoms with van der Waals surface area (Å²) in [6.07, 6.45) is -1.82. The molecule has 0 aromatic carbocycles. The lowest BCUT2D eigenvalue weighted by Gasteiger charge is -2.32. The highest BCUT2D eigenvalue weighted by Crippen LogP contribution is 2.13. The van der Waals surface area contributed by atoms with Crippen molar-refractivity contribution in [1.82, 2.24) is 10.6 Å². The standard InChI is InChI=1S/C10H20N2O4/c1-6(2)12-10(15)11-5-8-9(14)7(13)3-4-16-8/h6-9,13-14H,3-5H2,1-2H3,(H2,11,12,15). The van der Waals surface area contributed by atoms with Crippen molar-refractivity contribution < 1.29 is 19.7 Å². The Balaban J connectivity index is 2.28. The van der Waals surface area contributed by atoms with Gasteiger partial charge in [-0.3, -0.25) is 0 Å². The summed E-state index contributed by atoms with van der Waals surface area (Å²) in [5.41, 5.74) is 0. The predicted molar refractivity (Wildman–Crippen MR) is 58.0 cm³/mol. The molecule has 3 unspecified atom stereocenters. The summed E-state index contributed by atoms with van der Waals surface area (Å²) < 4.78 is 5.26. The van der Waals surface area contributed by atoms with Crippen LogP contribution < -0.4 is 10.6 Å². The molecule has 0 aromatic rings. The van der Waals surface area contributed by atoms with Gasteiger partial charge < -0.3 is 25.6 Å². The minimum atomic E-state index is -0.937. The lowest BCUT2D eigenvalue weighted by molar-refractivity contribution is -0.131. The van der Waals surface area contributed by atoms with Gasteiger partial charge in [-0.2, -0.15) is 0 Å². The van der Waals surface area contributed by atoms with Crippen LogP contribution in [0.2, 0.25) is 0 Å². The maximum atomic E-state index is 11.3. The Bertz CT molecular complexity index is 235. The first kappa shape index (κ1) is 13.2. The third-order valence-corrected chi connectivity index (χ3v) is 2.40. The van der Waals surface area contributed by atoms with Crippen LogP contribution in [0.3, 0.4) is 0 Å². The van der Waals surface area contributed by atoms with Gasteiger partial charge in [0.05, 0.1) is 6.10 Å². The summed E-state index contributed by atoms with van der Waals surface area (Å²) in [5.74, 6) is 0. The van der Waals surface area contributed by atoms with E-state index in [-0.39, 0.29) is 18.6 Å². The molecule has 6 nitrogen and oxygen atoms in total. The molecule has 1 saturated heterocycles. The third kappa shape index (κ3) is 3.96.